The van der Waals surface area contributed by atoms with Crippen molar-refractivity contribution in [1.82, 2.24) is 15.4 Å². The van der Waals surface area contributed by atoms with Crippen molar-refractivity contribution < 1.29 is 9.72 Å². The largest absolute Gasteiger partial charge is 0.364 e. The molecule has 9 nitrogen and oxygen atoms in total. The number of aromatic nitrogens is 2. The molecule has 4 rings (SSSR count). The zero-order valence-electron chi connectivity index (χ0n) is 17.5. The van der Waals surface area contributed by atoms with E-state index < -0.39 is 10.8 Å². The molecule has 0 saturated carbocycles. The highest BCUT2D eigenvalue weighted by atomic mass is 16.6. The Labute approximate surface area is 185 Å². The number of nitrogens with zero attached hydrogens (tertiary/aromatic N) is 3. The van der Waals surface area contributed by atoms with Gasteiger partial charge < -0.3 is 5.32 Å². The fraction of sp³-hybridized carbons (Fsp3) is 0.261. The zero-order valence-corrected chi connectivity index (χ0v) is 17.5. The summed E-state index contributed by atoms with van der Waals surface area (Å²) in [4.78, 5) is 31.9. The van der Waals surface area contributed by atoms with E-state index in [0.717, 1.165) is 30.0 Å². The molecule has 0 radical (unpaired) electrons. The van der Waals surface area contributed by atoms with Gasteiger partial charge in [-0.1, -0.05) is 48.0 Å². The average Bonchev–Trinajstić information content (AvgIpc) is 2.82. The van der Waals surface area contributed by atoms with E-state index in [2.05, 4.69) is 32.2 Å². The molecule has 2 aromatic carbocycles. The Bertz CT molecular complexity index is 1170. The number of carbonyl (C=O) groups excluding carboxylic acids is 1. The third-order valence-electron chi connectivity index (χ3n) is 5.46. The fourth-order valence-electron chi connectivity index (χ4n) is 3.85. The number of allylic oxidation sites excluding steroid dienone is 1. The number of hydrogen-bond acceptors (Lipinski definition) is 7. The number of hydrazine groups is 1. The normalized spacial score (nSPS) is 13.3. The van der Waals surface area contributed by atoms with Crippen LogP contribution in [0, 0.1) is 10.1 Å². The molecule has 1 amide bonds. The van der Waals surface area contributed by atoms with Gasteiger partial charge >= 0.3 is 5.69 Å². The van der Waals surface area contributed by atoms with Crippen LogP contribution in [-0.2, 0) is 0 Å². The van der Waals surface area contributed by atoms with Gasteiger partial charge in [0.2, 0.25) is 11.6 Å². The molecular formula is C23H24N6O3. The Balaban J connectivity index is 1.47. The van der Waals surface area contributed by atoms with Crippen molar-refractivity contribution in [3.8, 4) is 0 Å². The van der Waals surface area contributed by atoms with Crippen LogP contribution in [0.25, 0.3) is 10.8 Å². The molecule has 1 aliphatic carbocycles. The van der Waals surface area contributed by atoms with Crippen molar-refractivity contribution in [2.75, 3.05) is 17.3 Å². The maximum Gasteiger partial charge on any atom is 0.354 e. The third kappa shape index (κ3) is 4.83. The molecule has 3 aromatic rings. The smallest absolute Gasteiger partial charge is 0.354 e. The highest BCUT2D eigenvalue weighted by molar-refractivity contribution is 6.07. The van der Waals surface area contributed by atoms with Crippen LogP contribution in [0.5, 0.6) is 0 Å². The lowest BCUT2D eigenvalue weighted by Crippen LogP contribution is -2.30. The van der Waals surface area contributed by atoms with Gasteiger partial charge in [-0.15, -0.1) is 0 Å². The van der Waals surface area contributed by atoms with Crippen molar-refractivity contribution in [1.29, 1.82) is 0 Å². The molecule has 1 aromatic heterocycles. The van der Waals surface area contributed by atoms with Gasteiger partial charge in [0.1, 0.15) is 6.33 Å². The van der Waals surface area contributed by atoms with E-state index in [1.807, 2.05) is 30.3 Å². The first kappa shape index (κ1) is 21.2. The van der Waals surface area contributed by atoms with Crippen LogP contribution < -0.4 is 16.2 Å². The average molecular weight is 432 g/mol. The molecule has 164 valence electrons. The number of rotatable bonds is 8. The van der Waals surface area contributed by atoms with Crippen LogP contribution in [0.2, 0.25) is 0 Å². The standard InChI is InChI=1S/C23H24N6O3/c30-23(19-12-6-10-17-9-4-5-11-18(17)19)28-27-22-20(29(31)32)21(25-15-26-22)24-14-13-16-7-2-1-3-8-16/h4-7,9-12,15H,1-3,8,13-14H2,(H,28,30)(H2,24,25,26,27). The van der Waals surface area contributed by atoms with Crippen molar-refractivity contribution >= 4 is 34.0 Å². The van der Waals surface area contributed by atoms with Gasteiger partial charge in [0, 0.05) is 12.1 Å². The Morgan fingerprint density at radius 2 is 1.88 bits per heavy atom. The minimum absolute atomic E-state index is 0.0852. The van der Waals surface area contributed by atoms with Gasteiger partial charge in [-0.2, -0.15) is 0 Å². The predicted molar refractivity (Wildman–Crippen MR) is 123 cm³/mol. The van der Waals surface area contributed by atoms with E-state index in [0.29, 0.717) is 12.1 Å². The minimum atomic E-state index is -0.561. The lowest BCUT2D eigenvalue weighted by molar-refractivity contribution is -0.383. The summed E-state index contributed by atoms with van der Waals surface area (Å²) in [7, 11) is 0. The lowest BCUT2D eigenvalue weighted by atomic mass is 9.97. The van der Waals surface area contributed by atoms with Gasteiger partial charge in [-0.05, 0) is 48.9 Å². The molecule has 0 aliphatic heterocycles. The first-order valence-corrected chi connectivity index (χ1v) is 10.6. The van der Waals surface area contributed by atoms with Crippen LogP contribution >= 0.6 is 0 Å². The predicted octanol–water partition coefficient (Wildman–Crippen LogP) is 4.60. The monoisotopic (exact) mass is 432 g/mol. The van der Waals surface area contributed by atoms with E-state index >= 15 is 0 Å². The molecule has 3 N–H and O–H groups in total. The zero-order chi connectivity index (χ0) is 22.3. The summed E-state index contributed by atoms with van der Waals surface area (Å²) in [5.41, 5.74) is 6.61. The number of carbonyl (C=O) groups is 1. The second kappa shape index (κ2) is 9.86. The maximum absolute atomic E-state index is 12.7. The number of nitrogens with one attached hydrogen (secondary N) is 3. The highest BCUT2D eigenvalue weighted by Gasteiger charge is 2.23. The van der Waals surface area contributed by atoms with Gasteiger partial charge in [-0.3, -0.25) is 25.8 Å². The first-order chi connectivity index (χ1) is 15.6. The lowest BCUT2D eigenvalue weighted by Gasteiger charge is -2.14. The summed E-state index contributed by atoms with van der Waals surface area (Å²) in [5.74, 6) is -0.394. The molecule has 0 spiro atoms. The van der Waals surface area contributed by atoms with Gasteiger partial charge in [-0.25, -0.2) is 9.97 Å². The number of nitro groups is 1. The summed E-state index contributed by atoms with van der Waals surface area (Å²) in [6, 6.07) is 12.9. The molecular weight excluding hydrogens is 408 g/mol. The van der Waals surface area contributed by atoms with Crippen LogP contribution in [-0.4, -0.2) is 27.3 Å². The van der Waals surface area contributed by atoms with Crippen LogP contribution in [0.1, 0.15) is 42.5 Å². The quantitative estimate of drug-likeness (QED) is 0.270. The SMILES string of the molecule is O=C(NNc1ncnc(NCCC2=CCCCC2)c1[N+](=O)[O-])c1cccc2ccccc12. The van der Waals surface area contributed by atoms with E-state index in [-0.39, 0.29) is 17.3 Å². The Morgan fingerprint density at radius 3 is 2.69 bits per heavy atom. The number of hydrogen-bond donors (Lipinski definition) is 3. The van der Waals surface area contributed by atoms with Gasteiger partial charge in [0.05, 0.1) is 4.92 Å². The number of anilines is 2. The third-order valence-corrected chi connectivity index (χ3v) is 5.46. The maximum atomic E-state index is 12.7. The molecule has 9 heteroatoms. The Morgan fingerprint density at radius 1 is 1.06 bits per heavy atom. The van der Waals surface area contributed by atoms with Crippen molar-refractivity contribution in [2.24, 2.45) is 0 Å². The van der Waals surface area contributed by atoms with Crippen molar-refractivity contribution in [3.63, 3.8) is 0 Å². The highest BCUT2D eigenvalue weighted by Crippen LogP contribution is 2.29. The first-order valence-electron chi connectivity index (χ1n) is 10.6. The number of fused-ring (bicyclic) bond motifs is 1. The summed E-state index contributed by atoms with van der Waals surface area (Å²) in [6.07, 6.45) is 8.84. The molecule has 0 fully saturated rings. The van der Waals surface area contributed by atoms with Crippen LogP contribution in [0.4, 0.5) is 17.3 Å². The van der Waals surface area contributed by atoms with Crippen LogP contribution in [0.15, 0.2) is 60.4 Å². The molecule has 1 aliphatic rings. The van der Waals surface area contributed by atoms with E-state index in [9.17, 15) is 14.9 Å². The van der Waals surface area contributed by atoms with Crippen LogP contribution in [0.3, 0.4) is 0 Å². The van der Waals surface area contributed by atoms with Gasteiger partial charge in [0.15, 0.2) is 0 Å². The summed E-state index contributed by atoms with van der Waals surface area (Å²) < 4.78 is 0. The van der Waals surface area contributed by atoms with Gasteiger partial charge in [0.25, 0.3) is 5.91 Å². The molecule has 0 atom stereocenters. The fourth-order valence-corrected chi connectivity index (χ4v) is 3.85. The molecule has 0 saturated heterocycles. The molecule has 32 heavy (non-hydrogen) atoms. The number of benzene rings is 2. The topological polar surface area (TPSA) is 122 Å². The molecule has 1 heterocycles. The van der Waals surface area contributed by atoms with E-state index in [4.69, 9.17) is 0 Å². The van der Waals surface area contributed by atoms with Crippen molar-refractivity contribution in [3.05, 3.63) is 76.1 Å². The Hall–Kier alpha value is -4.01. The minimum Gasteiger partial charge on any atom is -0.364 e. The van der Waals surface area contributed by atoms with E-state index in [1.165, 1.54) is 24.7 Å². The summed E-state index contributed by atoms with van der Waals surface area (Å²) in [5, 5.41) is 16.5. The van der Waals surface area contributed by atoms with E-state index in [1.54, 1.807) is 12.1 Å². The number of amides is 1. The second-order valence-corrected chi connectivity index (χ2v) is 7.57. The van der Waals surface area contributed by atoms with Crippen molar-refractivity contribution in [2.45, 2.75) is 32.1 Å². The Kier molecular flexibility index (Phi) is 6.54. The summed E-state index contributed by atoms with van der Waals surface area (Å²) in [6.45, 7) is 0.533. The molecule has 0 bridgehead atoms. The molecule has 0 unspecified atom stereocenters. The summed E-state index contributed by atoms with van der Waals surface area (Å²) >= 11 is 0. The second-order valence-electron chi connectivity index (χ2n) is 7.57.